The van der Waals surface area contributed by atoms with E-state index in [2.05, 4.69) is 17.6 Å². The van der Waals surface area contributed by atoms with Gasteiger partial charge in [0.05, 0.1) is 5.69 Å². The first-order valence-electron chi connectivity index (χ1n) is 6.39. The van der Waals surface area contributed by atoms with E-state index >= 15 is 0 Å². The van der Waals surface area contributed by atoms with E-state index in [1.54, 1.807) is 11.3 Å². The molecule has 20 heavy (non-hydrogen) atoms. The first kappa shape index (κ1) is 15.0. The molecule has 0 fully saturated rings. The summed E-state index contributed by atoms with van der Waals surface area (Å²) in [6.07, 6.45) is 0. The van der Waals surface area contributed by atoms with Crippen molar-refractivity contribution in [3.8, 4) is 0 Å². The molecule has 0 saturated carbocycles. The lowest BCUT2D eigenvalue weighted by Gasteiger charge is -2.14. The Morgan fingerprint density at radius 1 is 1.30 bits per heavy atom. The van der Waals surface area contributed by atoms with Crippen LogP contribution in [0.3, 0.4) is 0 Å². The van der Waals surface area contributed by atoms with Gasteiger partial charge in [0.25, 0.3) is 0 Å². The Morgan fingerprint density at radius 2 is 2.00 bits per heavy atom. The van der Waals surface area contributed by atoms with Gasteiger partial charge in [-0.05, 0) is 36.1 Å². The zero-order valence-corrected chi connectivity index (χ0v) is 13.0. The molecule has 0 bridgehead atoms. The van der Waals surface area contributed by atoms with E-state index in [0.29, 0.717) is 0 Å². The lowest BCUT2D eigenvalue weighted by atomic mass is 10.1. The fourth-order valence-electron chi connectivity index (χ4n) is 1.89. The van der Waals surface area contributed by atoms with Crippen molar-refractivity contribution in [1.82, 2.24) is 5.32 Å². The summed E-state index contributed by atoms with van der Waals surface area (Å²) in [6, 6.07) is 9.97. The Kier molecular flexibility index (Phi) is 5.17. The van der Waals surface area contributed by atoms with Gasteiger partial charge < -0.3 is 10.6 Å². The molecule has 0 saturated heterocycles. The molecule has 2 aromatic rings. The number of benzene rings is 1. The predicted molar refractivity (Wildman–Crippen MR) is 85.3 cm³/mol. The van der Waals surface area contributed by atoms with Crippen molar-refractivity contribution in [3.05, 3.63) is 51.2 Å². The lowest BCUT2D eigenvalue weighted by molar-refractivity contribution is -0.114. The Morgan fingerprint density at radius 3 is 2.65 bits per heavy atom. The molecule has 5 heteroatoms. The molecule has 1 aromatic carbocycles. The van der Waals surface area contributed by atoms with Crippen LogP contribution >= 0.6 is 22.9 Å². The fourth-order valence-corrected chi connectivity index (χ4v) is 2.80. The molecule has 2 N–H and O–H groups in total. The summed E-state index contributed by atoms with van der Waals surface area (Å²) < 4.78 is 0. The van der Waals surface area contributed by atoms with Gasteiger partial charge in [-0.15, -0.1) is 11.3 Å². The molecule has 0 aliphatic heterocycles. The number of hydrogen-bond donors (Lipinski definition) is 2. The number of amides is 1. The number of rotatable bonds is 5. The zero-order chi connectivity index (χ0) is 14.5. The summed E-state index contributed by atoms with van der Waals surface area (Å²) >= 11 is 7.52. The van der Waals surface area contributed by atoms with Gasteiger partial charge in [0.1, 0.15) is 0 Å². The van der Waals surface area contributed by atoms with Gasteiger partial charge in [0.2, 0.25) is 5.91 Å². The Hall–Kier alpha value is -1.36. The molecule has 0 radical (unpaired) electrons. The molecule has 0 spiro atoms. The van der Waals surface area contributed by atoms with E-state index in [4.69, 9.17) is 11.6 Å². The van der Waals surface area contributed by atoms with Crippen molar-refractivity contribution < 1.29 is 4.79 Å². The summed E-state index contributed by atoms with van der Waals surface area (Å²) in [7, 11) is 0. The van der Waals surface area contributed by atoms with Crippen molar-refractivity contribution in [3.63, 3.8) is 0 Å². The second kappa shape index (κ2) is 6.88. The van der Waals surface area contributed by atoms with Crippen LogP contribution < -0.4 is 10.6 Å². The minimum absolute atomic E-state index is 0.0459. The average molecular weight is 309 g/mol. The van der Waals surface area contributed by atoms with Crippen LogP contribution in [0.1, 0.15) is 30.3 Å². The fraction of sp³-hybridized carbons (Fsp3) is 0.267. The van der Waals surface area contributed by atoms with E-state index in [1.807, 2.05) is 35.7 Å². The van der Waals surface area contributed by atoms with E-state index in [-0.39, 0.29) is 11.9 Å². The molecule has 0 aliphatic rings. The number of carbonyl (C=O) groups excluding carboxylic acids is 1. The minimum Gasteiger partial charge on any atom is -0.325 e. The molecule has 1 atom stereocenters. The highest BCUT2D eigenvalue weighted by Crippen LogP contribution is 2.23. The van der Waals surface area contributed by atoms with E-state index in [9.17, 15) is 4.79 Å². The van der Waals surface area contributed by atoms with E-state index in [1.165, 1.54) is 12.5 Å². The summed E-state index contributed by atoms with van der Waals surface area (Å²) in [4.78, 5) is 12.2. The number of thiophene rings is 1. The molecule has 0 aliphatic carbocycles. The van der Waals surface area contributed by atoms with Gasteiger partial charge in [-0.1, -0.05) is 23.7 Å². The molecular weight excluding hydrogens is 292 g/mol. The summed E-state index contributed by atoms with van der Waals surface area (Å²) in [5, 5.41) is 9.01. The number of carbonyl (C=O) groups is 1. The average Bonchev–Trinajstić information content (AvgIpc) is 2.83. The standard InChI is InChI=1S/C15H17ClN2OS/c1-10(12-3-5-13(16)6-4-12)17-9-15-14(7-8-20-15)18-11(2)19/h3-8,10,17H,9H2,1-2H3,(H,18,19). The highest BCUT2D eigenvalue weighted by atomic mass is 35.5. The third-order valence-electron chi connectivity index (χ3n) is 2.99. The first-order valence-corrected chi connectivity index (χ1v) is 7.65. The number of nitrogens with one attached hydrogen (secondary N) is 2. The molecular formula is C15H17ClN2OS. The Labute approximate surface area is 128 Å². The van der Waals surface area contributed by atoms with Crippen LogP contribution in [0.4, 0.5) is 5.69 Å². The van der Waals surface area contributed by atoms with Crippen LogP contribution in [-0.2, 0) is 11.3 Å². The summed E-state index contributed by atoms with van der Waals surface area (Å²) in [5.41, 5.74) is 2.07. The van der Waals surface area contributed by atoms with Gasteiger partial charge in [0.15, 0.2) is 0 Å². The largest absolute Gasteiger partial charge is 0.325 e. The Bertz CT molecular complexity index is 580. The van der Waals surface area contributed by atoms with Gasteiger partial charge in [0, 0.05) is 29.4 Å². The maximum atomic E-state index is 11.1. The quantitative estimate of drug-likeness (QED) is 0.868. The Balaban J connectivity index is 1.96. The molecule has 1 amide bonds. The normalized spacial score (nSPS) is 12.2. The number of hydrogen-bond acceptors (Lipinski definition) is 3. The van der Waals surface area contributed by atoms with Crippen LogP contribution in [0.2, 0.25) is 5.02 Å². The monoisotopic (exact) mass is 308 g/mol. The van der Waals surface area contributed by atoms with Crippen molar-refractivity contribution in [1.29, 1.82) is 0 Å². The molecule has 1 unspecified atom stereocenters. The van der Waals surface area contributed by atoms with Gasteiger partial charge in [-0.3, -0.25) is 4.79 Å². The molecule has 106 valence electrons. The summed E-state index contributed by atoms with van der Waals surface area (Å²) in [6.45, 7) is 4.34. The number of halogens is 1. The summed E-state index contributed by atoms with van der Waals surface area (Å²) in [5.74, 6) is -0.0459. The third kappa shape index (κ3) is 4.07. The SMILES string of the molecule is CC(=O)Nc1ccsc1CNC(C)c1ccc(Cl)cc1. The maximum Gasteiger partial charge on any atom is 0.221 e. The minimum atomic E-state index is -0.0459. The van der Waals surface area contributed by atoms with Crippen LogP contribution in [0.15, 0.2) is 35.7 Å². The first-order chi connectivity index (χ1) is 9.56. The van der Waals surface area contributed by atoms with E-state index < -0.39 is 0 Å². The smallest absolute Gasteiger partial charge is 0.221 e. The van der Waals surface area contributed by atoms with Crippen molar-refractivity contribution in [2.45, 2.75) is 26.4 Å². The van der Waals surface area contributed by atoms with Crippen molar-refractivity contribution in [2.75, 3.05) is 5.32 Å². The lowest BCUT2D eigenvalue weighted by Crippen LogP contribution is -2.18. The second-order valence-electron chi connectivity index (χ2n) is 4.59. The molecule has 3 nitrogen and oxygen atoms in total. The van der Waals surface area contributed by atoms with Crippen LogP contribution in [0.25, 0.3) is 0 Å². The van der Waals surface area contributed by atoms with Crippen LogP contribution in [-0.4, -0.2) is 5.91 Å². The van der Waals surface area contributed by atoms with Crippen LogP contribution in [0, 0.1) is 0 Å². The zero-order valence-electron chi connectivity index (χ0n) is 11.4. The van der Waals surface area contributed by atoms with Gasteiger partial charge in [-0.2, -0.15) is 0 Å². The van der Waals surface area contributed by atoms with Gasteiger partial charge in [-0.25, -0.2) is 0 Å². The van der Waals surface area contributed by atoms with Gasteiger partial charge >= 0.3 is 0 Å². The number of anilines is 1. The molecule has 2 rings (SSSR count). The van der Waals surface area contributed by atoms with E-state index in [0.717, 1.165) is 22.1 Å². The predicted octanol–water partition coefficient (Wildman–Crippen LogP) is 4.21. The maximum absolute atomic E-state index is 11.1. The highest BCUT2D eigenvalue weighted by molar-refractivity contribution is 7.10. The molecule has 1 aromatic heterocycles. The second-order valence-corrected chi connectivity index (χ2v) is 6.03. The van der Waals surface area contributed by atoms with Crippen LogP contribution in [0.5, 0.6) is 0 Å². The topological polar surface area (TPSA) is 41.1 Å². The van der Waals surface area contributed by atoms with Crippen molar-refractivity contribution >= 4 is 34.5 Å². The molecule has 1 heterocycles. The third-order valence-corrected chi connectivity index (χ3v) is 4.17. The van der Waals surface area contributed by atoms with Crippen molar-refractivity contribution in [2.24, 2.45) is 0 Å². The highest BCUT2D eigenvalue weighted by Gasteiger charge is 2.09.